The average Bonchev–Trinajstić information content (AvgIpc) is 2.41. The number of benzene rings is 2. The Labute approximate surface area is 136 Å². The van der Waals surface area contributed by atoms with E-state index in [1.54, 1.807) is 0 Å². The molecule has 0 spiro atoms. The Hall–Kier alpha value is -1.41. The van der Waals surface area contributed by atoms with Gasteiger partial charge in [-0.15, -0.1) is 4.33 Å². The van der Waals surface area contributed by atoms with Crippen LogP contribution in [-0.4, -0.2) is 32.9 Å². The van der Waals surface area contributed by atoms with Gasteiger partial charge in [0.2, 0.25) is 10.0 Å². The van der Waals surface area contributed by atoms with Crippen LogP contribution < -0.4 is 4.72 Å². The molecule has 0 heterocycles. The van der Waals surface area contributed by atoms with Gasteiger partial charge >= 0.3 is 0 Å². The van der Waals surface area contributed by atoms with E-state index >= 15 is 0 Å². The minimum atomic E-state index is -4.46. The van der Waals surface area contributed by atoms with Gasteiger partial charge in [-0.2, -0.15) is 8.42 Å². The van der Waals surface area contributed by atoms with Crippen molar-refractivity contribution in [1.29, 1.82) is 0 Å². The highest BCUT2D eigenvalue weighted by Crippen LogP contribution is 2.33. The number of sulfonamides is 1. The first-order valence-corrected chi connectivity index (χ1v) is 9.85. The second-order valence-corrected chi connectivity index (χ2v) is 8.35. The zero-order valence-corrected chi connectivity index (χ0v) is 13.9. The second kappa shape index (κ2) is 6.60. The molecule has 0 amide bonds. The van der Waals surface area contributed by atoms with E-state index in [4.69, 9.17) is 9.81 Å². The smallest absolute Gasteiger partial charge is 0.284 e. The maximum atomic E-state index is 11.3. The van der Waals surface area contributed by atoms with E-state index in [1.165, 1.54) is 24.3 Å². The van der Waals surface area contributed by atoms with Crippen molar-refractivity contribution in [2.24, 2.45) is 0 Å². The van der Waals surface area contributed by atoms with E-state index in [9.17, 15) is 16.8 Å². The molecule has 0 bridgehead atoms. The van der Waals surface area contributed by atoms with Gasteiger partial charge in [-0.05, 0) is 35.0 Å². The maximum absolute atomic E-state index is 11.3. The molecule has 0 unspecified atom stereocenters. The summed E-state index contributed by atoms with van der Waals surface area (Å²) in [6, 6.07) is 6.62. The maximum Gasteiger partial charge on any atom is 0.294 e. The van der Waals surface area contributed by atoms with Crippen LogP contribution in [0.25, 0.3) is 10.8 Å². The topological polar surface area (TPSA) is 139 Å². The van der Waals surface area contributed by atoms with Gasteiger partial charge < -0.3 is 0 Å². The minimum Gasteiger partial charge on any atom is -0.284 e. The molecule has 0 radical (unpaired) electrons. The van der Waals surface area contributed by atoms with Crippen molar-refractivity contribution in [2.75, 3.05) is 11.0 Å². The molecule has 0 fully saturated rings. The molecule has 9 nitrogen and oxygen atoms in total. The fourth-order valence-corrected chi connectivity index (χ4v) is 3.56. The van der Waals surface area contributed by atoms with Crippen LogP contribution in [0, 0.1) is 0 Å². The standard InChI is InChI=1S/C11H11NO8S3/c1-22(14,15)12-8-3-2-7-4-9(23(16,17)18)6-11(10(7)5-8)21-20-19-13/h2-6,12-13H,1H3,(H,16,17,18). The zero-order valence-electron chi connectivity index (χ0n) is 11.5. The molecular formula is C11H11NO8S3. The van der Waals surface area contributed by atoms with Crippen molar-refractivity contribution in [1.82, 2.24) is 0 Å². The number of hydrogen-bond donors (Lipinski definition) is 3. The first-order valence-electron chi connectivity index (χ1n) is 5.78. The van der Waals surface area contributed by atoms with Crippen molar-refractivity contribution in [3.63, 3.8) is 0 Å². The van der Waals surface area contributed by atoms with Gasteiger partial charge in [-0.1, -0.05) is 11.1 Å². The van der Waals surface area contributed by atoms with Crippen molar-refractivity contribution in [2.45, 2.75) is 9.79 Å². The normalized spacial score (nSPS) is 12.5. The van der Waals surface area contributed by atoms with E-state index in [0.29, 0.717) is 22.8 Å². The van der Waals surface area contributed by atoms with Crippen molar-refractivity contribution < 1.29 is 36.0 Å². The number of rotatable bonds is 6. The van der Waals surface area contributed by atoms with E-state index in [-0.39, 0.29) is 10.6 Å². The van der Waals surface area contributed by atoms with E-state index in [2.05, 4.69) is 14.1 Å². The lowest BCUT2D eigenvalue weighted by Gasteiger charge is -2.10. The zero-order chi connectivity index (χ0) is 17.3. The summed E-state index contributed by atoms with van der Waals surface area (Å²) in [6.45, 7) is 0. The molecule has 23 heavy (non-hydrogen) atoms. The predicted molar refractivity (Wildman–Crippen MR) is 82.9 cm³/mol. The summed E-state index contributed by atoms with van der Waals surface area (Å²) in [7, 11) is -7.96. The molecule has 0 saturated carbocycles. The lowest BCUT2D eigenvalue weighted by Crippen LogP contribution is -2.09. The van der Waals surface area contributed by atoms with Crippen molar-refractivity contribution >= 4 is 48.6 Å². The number of fused-ring (bicyclic) bond motifs is 1. The van der Waals surface area contributed by atoms with Crippen LogP contribution in [0.1, 0.15) is 0 Å². The SMILES string of the molecule is CS(=O)(=O)Nc1ccc2cc(S(=O)(=O)O)cc(SOOO)c2c1. The summed E-state index contributed by atoms with van der Waals surface area (Å²) in [5.74, 6) is 0. The summed E-state index contributed by atoms with van der Waals surface area (Å²) in [5, 5.41) is 12.5. The van der Waals surface area contributed by atoms with E-state index < -0.39 is 25.0 Å². The molecule has 2 aromatic carbocycles. The number of anilines is 1. The second-order valence-electron chi connectivity index (χ2n) is 4.43. The van der Waals surface area contributed by atoms with Gasteiger partial charge in [0.25, 0.3) is 10.1 Å². The lowest BCUT2D eigenvalue weighted by atomic mass is 10.1. The summed E-state index contributed by atoms with van der Waals surface area (Å²) >= 11 is 0.482. The van der Waals surface area contributed by atoms with Crippen LogP contribution in [0.5, 0.6) is 0 Å². The molecule has 3 N–H and O–H groups in total. The Morgan fingerprint density at radius 2 is 1.83 bits per heavy atom. The first kappa shape index (κ1) is 17.9. The summed E-state index contributed by atoms with van der Waals surface area (Å²) < 4.78 is 60.9. The largest absolute Gasteiger partial charge is 0.294 e. The molecule has 0 atom stereocenters. The van der Waals surface area contributed by atoms with E-state index in [1.807, 2.05) is 0 Å². The lowest BCUT2D eigenvalue weighted by molar-refractivity contribution is -0.432. The molecule has 0 aliphatic heterocycles. The molecule has 2 rings (SSSR count). The van der Waals surface area contributed by atoms with Crippen LogP contribution in [0.3, 0.4) is 0 Å². The molecule has 0 aliphatic rings. The summed E-state index contributed by atoms with van der Waals surface area (Å²) in [6.07, 6.45) is 0.983. The van der Waals surface area contributed by atoms with Crippen molar-refractivity contribution in [3.05, 3.63) is 30.3 Å². The van der Waals surface area contributed by atoms with Crippen LogP contribution in [-0.2, 0) is 29.5 Å². The third-order valence-electron chi connectivity index (χ3n) is 2.65. The van der Waals surface area contributed by atoms with Gasteiger partial charge in [-0.3, -0.25) is 9.27 Å². The Morgan fingerprint density at radius 1 is 1.13 bits per heavy atom. The number of hydrogen-bond acceptors (Lipinski definition) is 8. The van der Waals surface area contributed by atoms with Crippen LogP contribution in [0.15, 0.2) is 40.1 Å². The average molecular weight is 381 g/mol. The minimum absolute atomic E-state index is 0.168. The Kier molecular flexibility index (Phi) is 5.15. The molecule has 2 aromatic rings. The summed E-state index contributed by atoms with van der Waals surface area (Å²) in [4.78, 5) is -0.223. The molecular weight excluding hydrogens is 370 g/mol. The fourth-order valence-electron chi connectivity index (χ4n) is 1.84. The van der Waals surface area contributed by atoms with Gasteiger partial charge in [-0.25, -0.2) is 13.7 Å². The van der Waals surface area contributed by atoms with Crippen LogP contribution >= 0.6 is 12.0 Å². The van der Waals surface area contributed by atoms with Crippen molar-refractivity contribution in [3.8, 4) is 0 Å². The quantitative estimate of drug-likeness (QED) is 0.296. The van der Waals surface area contributed by atoms with Crippen LogP contribution in [0.4, 0.5) is 5.69 Å². The number of nitrogens with one attached hydrogen (secondary N) is 1. The third-order valence-corrected chi connectivity index (χ3v) is 4.73. The molecule has 12 heteroatoms. The molecule has 0 aromatic heterocycles. The van der Waals surface area contributed by atoms with Gasteiger partial charge in [0.1, 0.15) is 0 Å². The highest BCUT2D eigenvalue weighted by Gasteiger charge is 2.15. The Morgan fingerprint density at radius 3 is 2.39 bits per heavy atom. The molecule has 0 saturated heterocycles. The highest BCUT2D eigenvalue weighted by atomic mass is 32.2. The monoisotopic (exact) mass is 381 g/mol. The third kappa shape index (κ3) is 4.78. The Bertz CT molecular complexity index is 939. The van der Waals surface area contributed by atoms with Crippen LogP contribution in [0.2, 0.25) is 0 Å². The Balaban J connectivity index is 2.64. The van der Waals surface area contributed by atoms with Gasteiger partial charge in [0.15, 0.2) is 0 Å². The fraction of sp³-hybridized carbons (Fsp3) is 0.0909. The summed E-state index contributed by atoms with van der Waals surface area (Å²) in [5.41, 5.74) is 0.242. The molecule has 0 aliphatic carbocycles. The van der Waals surface area contributed by atoms with Gasteiger partial charge in [0, 0.05) is 10.6 Å². The van der Waals surface area contributed by atoms with Gasteiger partial charge in [0.05, 0.1) is 23.2 Å². The first-order chi connectivity index (χ1) is 10.6. The molecule has 126 valence electrons. The predicted octanol–water partition coefficient (Wildman–Crippen LogP) is 1.89. The van der Waals surface area contributed by atoms with E-state index in [0.717, 1.165) is 12.3 Å². The highest BCUT2D eigenvalue weighted by molar-refractivity contribution is 7.94.